The Morgan fingerprint density at radius 1 is 1.29 bits per heavy atom. The second-order valence-corrected chi connectivity index (χ2v) is 4.20. The van der Waals surface area contributed by atoms with Gasteiger partial charge in [-0.1, -0.05) is 6.07 Å². The quantitative estimate of drug-likeness (QED) is 0.906. The van der Waals surface area contributed by atoms with E-state index >= 15 is 0 Å². The second-order valence-electron chi connectivity index (χ2n) is 4.20. The van der Waals surface area contributed by atoms with Crippen molar-refractivity contribution in [1.82, 2.24) is 4.90 Å². The van der Waals surface area contributed by atoms with E-state index in [0.29, 0.717) is 13.1 Å². The van der Waals surface area contributed by atoms with Gasteiger partial charge in [0.05, 0.1) is 0 Å². The molecule has 2 rings (SSSR count). The summed E-state index contributed by atoms with van der Waals surface area (Å²) in [5.74, 6) is -0.939. The highest BCUT2D eigenvalue weighted by Crippen LogP contribution is 2.21. The van der Waals surface area contributed by atoms with Gasteiger partial charge in [-0.15, -0.1) is 12.4 Å². The molecule has 1 aliphatic rings. The molecule has 1 aliphatic heterocycles. The fourth-order valence-corrected chi connectivity index (χ4v) is 2.26. The minimum atomic E-state index is -0.470. The summed E-state index contributed by atoms with van der Waals surface area (Å²) in [6.07, 6.45) is 2.07. The summed E-state index contributed by atoms with van der Waals surface area (Å²) in [4.78, 5) is 2.06. The van der Waals surface area contributed by atoms with Crippen LogP contribution in [0.5, 0.6) is 0 Å². The average molecular weight is 263 g/mol. The van der Waals surface area contributed by atoms with E-state index in [0.717, 1.165) is 19.4 Å². The Morgan fingerprint density at radius 3 is 2.53 bits per heavy atom. The van der Waals surface area contributed by atoms with E-state index in [4.69, 9.17) is 5.73 Å². The topological polar surface area (TPSA) is 29.3 Å². The van der Waals surface area contributed by atoms with Crippen molar-refractivity contribution in [2.75, 3.05) is 13.1 Å². The number of likely N-dealkylation sites (tertiary alicyclic amines) is 1. The summed E-state index contributed by atoms with van der Waals surface area (Å²) < 4.78 is 26.9. The second kappa shape index (κ2) is 6.28. The molecule has 1 unspecified atom stereocenters. The van der Waals surface area contributed by atoms with Gasteiger partial charge < -0.3 is 5.73 Å². The van der Waals surface area contributed by atoms with Crippen LogP contribution in [0, 0.1) is 11.6 Å². The molecule has 1 atom stereocenters. The number of nitrogens with zero attached hydrogens (tertiary/aromatic N) is 1. The molecule has 0 radical (unpaired) electrons. The number of halogens is 3. The lowest BCUT2D eigenvalue weighted by Crippen LogP contribution is -2.35. The van der Waals surface area contributed by atoms with Crippen LogP contribution in [0.15, 0.2) is 18.2 Å². The largest absolute Gasteiger partial charge is 0.329 e. The Labute approximate surface area is 106 Å². The molecule has 0 aromatic heterocycles. The van der Waals surface area contributed by atoms with Crippen molar-refractivity contribution in [2.24, 2.45) is 5.73 Å². The predicted octanol–water partition coefficient (Wildman–Crippen LogP) is 2.31. The number of hydrogen-bond donors (Lipinski definition) is 1. The Kier molecular flexibility index (Phi) is 5.31. The highest BCUT2D eigenvalue weighted by Gasteiger charge is 2.24. The lowest BCUT2D eigenvalue weighted by Gasteiger charge is -2.23. The zero-order valence-corrected chi connectivity index (χ0v) is 10.4. The van der Waals surface area contributed by atoms with Crippen LogP contribution < -0.4 is 5.73 Å². The van der Waals surface area contributed by atoms with Crippen molar-refractivity contribution in [1.29, 1.82) is 0 Å². The molecule has 1 saturated heterocycles. The van der Waals surface area contributed by atoms with Gasteiger partial charge in [-0.25, -0.2) is 8.78 Å². The first-order chi connectivity index (χ1) is 7.72. The van der Waals surface area contributed by atoms with Crippen LogP contribution in [0.25, 0.3) is 0 Å². The van der Waals surface area contributed by atoms with E-state index in [2.05, 4.69) is 4.90 Å². The molecule has 96 valence electrons. The third-order valence-electron chi connectivity index (χ3n) is 3.19. The zero-order chi connectivity index (χ0) is 11.5. The van der Waals surface area contributed by atoms with Crippen molar-refractivity contribution in [3.8, 4) is 0 Å². The molecule has 17 heavy (non-hydrogen) atoms. The Morgan fingerprint density at radius 2 is 1.94 bits per heavy atom. The fourth-order valence-electron chi connectivity index (χ4n) is 2.26. The molecule has 1 aromatic carbocycles. The Balaban J connectivity index is 0.00000144. The molecule has 1 aromatic rings. The van der Waals surface area contributed by atoms with E-state index in [1.165, 1.54) is 18.2 Å². The van der Waals surface area contributed by atoms with Crippen molar-refractivity contribution in [2.45, 2.75) is 25.4 Å². The monoisotopic (exact) mass is 262 g/mol. The van der Waals surface area contributed by atoms with Gasteiger partial charge in [-0.2, -0.15) is 0 Å². The molecule has 5 heteroatoms. The number of benzene rings is 1. The zero-order valence-electron chi connectivity index (χ0n) is 9.53. The van der Waals surface area contributed by atoms with Crippen LogP contribution in [-0.4, -0.2) is 24.0 Å². The van der Waals surface area contributed by atoms with Crippen molar-refractivity contribution in [3.63, 3.8) is 0 Å². The Bertz CT molecular complexity index is 353. The predicted molar refractivity (Wildman–Crippen MR) is 66.1 cm³/mol. The van der Waals surface area contributed by atoms with Gasteiger partial charge in [0, 0.05) is 24.7 Å². The highest BCUT2D eigenvalue weighted by atomic mass is 35.5. The minimum Gasteiger partial charge on any atom is -0.329 e. The van der Waals surface area contributed by atoms with Gasteiger partial charge in [0.1, 0.15) is 11.6 Å². The smallest absolute Gasteiger partial charge is 0.130 e. The third kappa shape index (κ3) is 3.15. The van der Waals surface area contributed by atoms with E-state index in [9.17, 15) is 8.78 Å². The van der Waals surface area contributed by atoms with Gasteiger partial charge in [0.2, 0.25) is 0 Å². The van der Waals surface area contributed by atoms with Crippen molar-refractivity contribution in [3.05, 3.63) is 35.4 Å². The summed E-state index contributed by atoms with van der Waals surface area (Å²) >= 11 is 0. The van der Waals surface area contributed by atoms with Crippen LogP contribution in [0.1, 0.15) is 18.4 Å². The molecule has 0 spiro atoms. The normalized spacial score (nSPS) is 20.3. The fraction of sp³-hybridized carbons (Fsp3) is 0.500. The van der Waals surface area contributed by atoms with E-state index in [1.807, 2.05) is 0 Å². The van der Waals surface area contributed by atoms with Crippen LogP contribution >= 0.6 is 12.4 Å². The molecule has 2 N–H and O–H groups in total. The molecule has 1 heterocycles. The number of rotatable bonds is 3. The van der Waals surface area contributed by atoms with Gasteiger partial charge in [-0.3, -0.25) is 4.90 Å². The summed E-state index contributed by atoms with van der Waals surface area (Å²) in [5.41, 5.74) is 5.78. The van der Waals surface area contributed by atoms with Gasteiger partial charge in [0.15, 0.2) is 0 Å². The minimum absolute atomic E-state index is 0. The molecule has 1 fully saturated rings. The standard InChI is InChI=1S/C12H16F2N2.ClH/c13-11-4-1-5-12(14)10(11)8-16-6-2-3-9(16)7-15;/h1,4-5,9H,2-3,6-8,15H2;1H. The van der Waals surface area contributed by atoms with Crippen LogP contribution in [-0.2, 0) is 6.54 Å². The van der Waals surface area contributed by atoms with Crippen molar-refractivity contribution >= 4 is 12.4 Å². The number of nitrogens with two attached hydrogens (primary N) is 1. The molecular weight excluding hydrogens is 246 g/mol. The van der Waals surface area contributed by atoms with Gasteiger partial charge in [0.25, 0.3) is 0 Å². The maximum atomic E-state index is 13.4. The molecule has 0 amide bonds. The summed E-state index contributed by atoms with van der Waals surface area (Å²) in [6.45, 7) is 1.74. The molecule has 2 nitrogen and oxygen atoms in total. The van der Waals surface area contributed by atoms with Crippen LogP contribution in [0.4, 0.5) is 8.78 Å². The Hall–Kier alpha value is -0.710. The SMILES string of the molecule is Cl.NCC1CCCN1Cc1c(F)cccc1F. The molecule has 0 bridgehead atoms. The van der Waals surface area contributed by atoms with Gasteiger partial charge in [-0.05, 0) is 31.5 Å². The summed E-state index contributed by atoms with van der Waals surface area (Å²) in [7, 11) is 0. The summed E-state index contributed by atoms with van der Waals surface area (Å²) in [5, 5.41) is 0. The maximum absolute atomic E-state index is 13.4. The van der Waals surface area contributed by atoms with E-state index < -0.39 is 11.6 Å². The van der Waals surface area contributed by atoms with Gasteiger partial charge >= 0.3 is 0 Å². The third-order valence-corrected chi connectivity index (χ3v) is 3.19. The first-order valence-corrected chi connectivity index (χ1v) is 5.59. The molecule has 0 aliphatic carbocycles. The average Bonchev–Trinajstić information content (AvgIpc) is 2.71. The van der Waals surface area contributed by atoms with Crippen LogP contribution in [0.3, 0.4) is 0 Å². The first-order valence-electron chi connectivity index (χ1n) is 5.59. The lowest BCUT2D eigenvalue weighted by molar-refractivity contribution is 0.243. The first kappa shape index (κ1) is 14.4. The maximum Gasteiger partial charge on any atom is 0.130 e. The number of hydrogen-bond acceptors (Lipinski definition) is 2. The van der Waals surface area contributed by atoms with Crippen molar-refractivity contribution < 1.29 is 8.78 Å². The summed E-state index contributed by atoms with van der Waals surface area (Å²) in [6, 6.07) is 4.25. The molecule has 0 saturated carbocycles. The van der Waals surface area contributed by atoms with E-state index in [-0.39, 0.29) is 24.0 Å². The van der Waals surface area contributed by atoms with Crippen LogP contribution in [0.2, 0.25) is 0 Å². The highest BCUT2D eigenvalue weighted by molar-refractivity contribution is 5.85. The lowest BCUT2D eigenvalue weighted by atomic mass is 10.1. The molecular formula is C12H17ClF2N2. The van der Waals surface area contributed by atoms with E-state index in [1.54, 1.807) is 0 Å².